The van der Waals surface area contributed by atoms with Crippen molar-refractivity contribution in [3.63, 3.8) is 0 Å². The lowest BCUT2D eigenvalue weighted by Gasteiger charge is -2.26. The van der Waals surface area contributed by atoms with Gasteiger partial charge in [-0.3, -0.25) is 9.69 Å². The highest BCUT2D eigenvalue weighted by Gasteiger charge is 2.18. The summed E-state index contributed by atoms with van der Waals surface area (Å²) in [5.41, 5.74) is 2.27. The Hall–Kier alpha value is -2.71. The van der Waals surface area contributed by atoms with Crippen LogP contribution in [0.5, 0.6) is 0 Å². The van der Waals surface area contributed by atoms with Crippen molar-refractivity contribution in [2.24, 2.45) is 0 Å². The van der Waals surface area contributed by atoms with Gasteiger partial charge in [0.05, 0.1) is 25.0 Å². The molecule has 0 spiro atoms. The van der Waals surface area contributed by atoms with E-state index < -0.39 is 11.6 Å². The van der Waals surface area contributed by atoms with Crippen molar-refractivity contribution in [1.82, 2.24) is 14.8 Å². The number of nitrogens with one attached hydrogen (secondary N) is 1. The van der Waals surface area contributed by atoms with E-state index >= 15 is 0 Å². The van der Waals surface area contributed by atoms with Gasteiger partial charge >= 0.3 is 0 Å². The minimum Gasteiger partial charge on any atom is -0.463 e. The number of ether oxygens (including phenoxy) is 1. The third-order valence-electron chi connectivity index (χ3n) is 4.90. The molecule has 0 saturated carbocycles. The fourth-order valence-corrected chi connectivity index (χ4v) is 3.40. The molecular formula is C20H21F2N3O3. The molecule has 0 atom stereocenters. The van der Waals surface area contributed by atoms with Crippen LogP contribution in [0, 0.1) is 11.6 Å². The van der Waals surface area contributed by atoms with Gasteiger partial charge in [-0.1, -0.05) is 6.07 Å². The van der Waals surface area contributed by atoms with E-state index in [1.165, 1.54) is 12.3 Å². The summed E-state index contributed by atoms with van der Waals surface area (Å²) in [6.07, 6.45) is 1.53. The van der Waals surface area contributed by atoms with Crippen LogP contribution in [0.3, 0.4) is 0 Å². The van der Waals surface area contributed by atoms with Crippen LogP contribution in [-0.4, -0.2) is 54.8 Å². The number of carbonyl (C=O) groups excluding carboxylic acids is 1. The molecule has 8 heteroatoms. The van der Waals surface area contributed by atoms with E-state index in [1.54, 1.807) is 16.7 Å². The first kappa shape index (κ1) is 18.6. The maximum absolute atomic E-state index is 13.6. The molecule has 0 radical (unpaired) electrons. The summed E-state index contributed by atoms with van der Waals surface area (Å²) in [4.78, 5) is 15.0. The average Bonchev–Trinajstić information content (AvgIpc) is 3.28. The van der Waals surface area contributed by atoms with E-state index in [1.807, 2.05) is 0 Å². The third kappa shape index (κ3) is 3.93. The van der Waals surface area contributed by atoms with Crippen LogP contribution in [0.15, 0.2) is 41.0 Å². The summed E-state index contributed by atoms with van der Waals surface area (Å²) >= 11 is 0. The minimum atomic E-state index is -0.912. The fraction of sp³-hybridized carbons (Fsp3) is 0.350. The molecule has 1 fully saturated rings. The number of rotatable bonds is 6. The largest absolute Gasteiger partial charge is 0.463 e. The number of benzene rings is 1. The van der Waals surface area contributed by atoms with Gasteiger partial charge in [-0.2, -0.15) is 0 Å². The number of furan rings is 1. The molecule has 4 rings (SSSR count). The van der Waals surface area contributed by atoms with Gasteiger partial charge in [0.2, 0.25) is 0 Å². The molecule has 1 aliphatic heterocycles. The zero-order chi connectivity index (χ0) is 19.5. The first-order valence-electron chi connectivity index (χ1n) is 9.21. The molecular weight excluding hydrogens is 368 g/mol. The van der Waals surface area contributed by atoms with Crippen molar-refractivity contribution >= 4 is 17.0 Å². The number of carbonyl (C=O) groups is 1. The first-order valence-corrected chi connectivity index (χ1v) is 9.21. The lowest BCUT2D eigenvalue weighted by atomic mass is 10.2. The second-order valence-electron chi connectivity index (χ2n) is 6.74. The minimum absolute atomic E-state index is 0.229. The molecule has 0 aliphatic carbocycles. The van der Waals surface area contributed by atoms with Crippen LogP contribution < -0.4 is 5.32 Å². The van der Waals surface area contributed by atoms with Crippen LogP contribution in [-0.2, 0) is 11.3 Å². The van der Waals surface area contributed by atoms with Crippen LogP contribution >= 0.6 is 0 Å². The lowest BCUT2D eigenvalue weighted by molar-refractivity contribution is 0.0383. The predicted molar refractivity (Wildman–Crippen MR) is 99.3 cm³/mol. The summed E-state index contributed by atoms with van der Waals surface area (Å²) in [5, 5.41) is 2.93. The Morgan fingerprint density at radius 3 is 2.71 bits per heavy atom. The van der Waals surface area contributed by atoms with Gasteiger partial charge in [-0.05, 0) is 17.7 Å². The highest BCUT2D eigenvalue weighted by molar-refractivity contribution is 5.97. The van der Waals surface area contributed by atoms with E-state index in [-0.39, 0.29) is 12.5 Å². The molecule has 6 nitrogen and oxygen atoms in total. The molecule has 0 bridgehead atoms. The van der Waals surface area contributed by atoms with Crippen molar-refractivity contribution in [3.8, 4) is 0 Å². The van der Waals surface area contributed by atoms with Crippen molar-refractivity contribution in [2.45, 2.75) is 6.54 Å². The molecule has 148 valence electrons. The van der Waals surface area contributed by atoms with E-state index in [0.717, 1.165) is 37.3 Å². The first-order chi connectivity index (χ1) is 13.6. The number of morpholine rings is 1. The van der Waals surface area contributed by atoms with Crippen molar-refractivity contribution in [1.29, 1.82) is 0 Å². The Kier molecular flexibility index (Phi) is 5.40. The van der Waals surface area contributed by atoms with Crippen molar-refractivity contribution in [2.75, 3.05) is 39.4 Å². The molecule has 2 aromatic heterocycles. The average molecular weight is 389 g/mol. The summed E-state index contributed by atoms with van der Waals surface area (Å²) < 4.78 is 39.3. The Labute approximate surface area is 160 Å². The molecule has 1 saturated heterocycles. The van der Waals surface area contributed by atoms with Gasteiger partial charge in [0.15, 0.2) is 17.2 Å². The van der Waals surface area contributed by atoms with Gasteiger partial charge in [0.1, 0.15) is 5.69 Å². The molecule has 28 heavy (non-hydrogen) atoms. The number of nitrogens with zero attached hydrogens (tertiary/aromatic N) is 2. The number of halogens is 2. The SMILES string of the molecule is O=C(NCCN1CCOCC1)c1cc2occc2n1Cc1ccc(F)c(F)c1. The summed E-state index contributed by atoms with van der Waals surface area (Å²) in [5.74, 6) is -2.04. The van der Waals surface area contributed by atoms with Gasteiger partial charge in [-0.15, -0.1) is 0 Å². The quantitative estimate of drug-likeness (QED) is 0.704. The zero-order valence-corrected chi connectivity index (χ0v) is 15.3. The second-order valence-corrected chi connectivity index (χ2v) is 6.74. The highest BCUT2D eigenvalue weighted by atomic mass is 19.2. The molecule has 1 N–H and O–H groups in total. The molecule has 1 amide bonds. The predicted octanol–water partition coefficient (Wildman–Crippen LogP) is 2.62. The summed E-state index contributed by atoms with van der Waals surface area (Å²) in [6, 6.07) is 7.15. The van der Waals surface area contributed by atoms with E-state index in [4.69, 9.17) is 9.15 Å². The number of fused-ring (bicyclic) bond motifs is 1. The Balaban J connectivity index is 1.49. The molecule has 3 heterocycles. The maximum Gasteiger partial charge on any atom is 0.268 e. The maximum atomic E-state index is 13.6. The van der Waals surface area contributed by atoms with Gasteiger partial charge in [0, 0.05) is 44.9 Å². The smallest absolute Gasteiger partial charge is 0.268 e. The summed E-state index contributed by atoms with van der Waals surface area (Å²) in [7, 11) is 0. The van der Waals surface area contributed by atoms with Crippen molar-refractivity contribution in [3.05, 3.63) is 59.5 Å². The van der Waals surface area contributed by atoms with Crippen LogP contribution in [0.2, 0.25) is 0 Å². The highest BCUT2D eigenvalue weighted by Crippen LogP contribution is 2.23. The molecule has 1 aliphatic rings. The van der Waals surface area contributed by atoms with Gasteiger partial charge < -0.3 is 19.0 Å². The molecule has 3 aromatic rings. The normalized spacial score (nSPS) is 15.2. The number of hydrogen-bond donors (Lipinski definition) is 1. The fourth-order valence-electron chi connectivity index (χ4n) is 3.40. The Bertz CT molecular complexity index is 976. The zero-order valence-electron chi connectivity index (χ0n) is 15.3. The van der Waals surface area contributed by atoms with Crippen molar-refractivity contribution < 1.29 is 22.7 Å². The Morgan fingerprint density at radius 1 is 1.11 bits per heavy atom. The monoisotopic (exact) mass is 389 g/mol. The molecule has 0 unspecified atom stereocenters. The number of hydrogen-bond acceptors (Lipinski definition) is 4. The standard InChI is InChI=1S/C20H21F2N3O3/c21-15-2-1-14(11-16(15)22)13-25-17-3-8-28-19(17)12-18(25)20(26)23-4-5-24-6-9-27-10-7-24/h1-3,8,11-12H,4-7,9-10,13H2,(H,23,26). The van der Waals surface area contributed by atoms with Gasteiger partial charge in [-0.25, -0.2) is 8.78 Å². The van der Waals surface area contributed by atoms with Crippen LogP contribution in [0.1, 0.15) is 16.1 Å². The molecule has 1 aromatic carbocycles. The number of aromatic nitrogens is 1. The lowest BCUT2D eigenvalue weighted by Crippen LogP contribution is -2.41. The van der Waals surface area contributed by atoms with E-state index in [2.05, 4.69) is 10.2 Å². The third-order valence-corrected chi connectivity index (χ3v) is 4.90. The topological polar surface area (TPSA) is 59.6 Å². The Morgan fingerprint density at radius 2 is 1.93 bits per heavy atom. The van der Waals surface area contributed by atoms with E-state index in [0.29, 0.717) is 36.6 Å². The number of amides is 1. The van der Waals surface area contributed by atoms with Crippen LogP contribution in [0.25, 0.3) is 11.1 Å². The van der Waals surface area contributed by atoms with Crippen LogP contribution in [0.4, 0.5) is 8.78 Å². The van der Waals surface area contributed by atoms with E-state index in [9.17, 15) is 13.6 Å². The second kappa shape index (κ2) is 8.12. The van der Waals surface area contributed by atoms with Gasteiger partial charge in [0.25, 0.3) is 5.91 Å². The summed E-state index contributed by atoms with van der Waals surface area (Å²) in [6.45, 7) is 4.62.